The zero-order chi connectivity index (χ0) is 28.9. The molecule has 3 aromatic heterocycles. The highest BCUT2D eigenvalue weighted by molar-refractivity contribution is 6.22. The minimum Gasteiger partial charge on any atom is -0.309 e. The maximum Gasteiger partial charge on any atom is 0.0706 e. The van der Waals surface area contributed by atoms with Gasteiger partial charge in [0.1, 0.15) is 0 Å². The number of hydrogen-bond donors (Lipinski definition) is 0. The number of pyridine rings is 2. The van der Waals surface area contributed by atoms with Crippen molar-refractivity contribution >= 4 is 32.6 Å². The molecule has 3 heterocycles. The highest BCUT2D eigenvalue weighted by Gasteiger charge is 2.18. The van der Waals surface area contributed by atoms with Crippen LogP contribution in [0.1, 0.15) is 11.4 Å². The van der Waals surface area contributed by atoms with E-state index in [0.29, 0.717) is 0 Å². The Morgan fingerprint density at radius 2 is 1.09 bits per heavy atom. The molecule has 8 rings (SSSR count). The Kier molecular flexibility index (Phi) is 5.90. The Labute approximate surface area is 250 Å². The molecule has 0 aliphatic carbocycles. The van der Waals surface area contributed by atoms with Gasteiger partial charge >= 0.3 is 0 Å². The van der Waals surface area contributed by atoms with E-state index in [-0.39, 0.29) is 0 Å². The van der Waals surface area contributed by atoms with Crippen LogP contribution >= 0.6 is 0 Å². The number of aryl methyl sites for hydroxylation is 2. The van der Waals surface area contributed by atoms with Crippen LogP contribution in [0.3, 0.4) is 0 Å². The van der Waals surface area contributed by atoms with Crippen LogP contribution in [0.5, 0.6) is 0 Å². The summed E-state index contributed by atoms with van der Waals surface area (Å²) in [5.41, 5.74) is 11.9. The predicted molar refractivity (Wildman–Crippen MR) is 180 cm³/mol. The van der Waals surface area contributed by atoms with E-state index in [4.69, 9.17) is 9.97 Å². The molecule has 0 amide bonds. The first-order valence-corrected chi connectivity index (χ1v) is 14.7. The van der Waals surface area contributed by atoms with Crippen LogP contribution in [-0.4, -0.2) is 14.5 Å². The predicted octanol–water partition coefficient (Wildman–Crippen LogP) is 10.3. The second-order valence-corrected chi connectivity index (χ2v) is 11.2. The lowest BCUT2D eigenvalue weighted by Crippen LogP contribution is -1.97. The first-order valence-electron chi connectivity index (χ1n) is 14.7. The van der Waals surface area contributed by atoms with Gasteiger partial charge in [-0.1, -0.05) is 78.9 Å². The summed E-state index contributed by atoms with van der Waals surface area (Å²) in [4.78, 5) is 9.80. The van der Waals surface area contributed by atoms with Crippen LogP contribution in [0.4, 0.5) is 0 Å². The van der Waals surface area contributed by atoms with Gasteiger partial charge in [0.05, 0.1) is 22.4 Å². The van der Waals surface area contributed by atoms with Gasteiger partial charge in [-0.05, 0) is 96.4 Å². The lowest BCUT2D eigenvalue weighted by molar-refractivity contribution is 1.16. The Morgan fingerprint density at radius 3 is 1.79 bits per heavy atom. The zero-order valence-corrected chi connectivity index (χ0v) is 24.1. The van der Waals surface area contributed by atoms with Gasteiger partial charge in [0, 0.05) is 39.0 Å². The van der Waals surface area contributed by atoms with E-state index in [1.807, 2.05) is 26.0 Å². The highest BCUT2D eigenvalue weighted by Crippen LogP contribution is 2.40. The molecule has 0 N–H and O–H groups in total. The zero-order valence-electron chi connectivity index (χ0n) is 24.1. The van der Waals surface area contributed by atoms with Crippen molar-refractivity contribution in [1.29, 1.82) is 0 Å². The molecular formula is C40H29N3. The molecule has 5 aromatic carbocycles. The standard InChI is InChI=1S/C40H29N3/c1-26-10-8-16-36(41-26)31-22-32(37-17-9-11-27(2)42-37)24-33(23-31)43-38-20-19-30(28-12-4-3-5-13-28)25-35(38)40-34-15-7-6-14-29(34)18-21-39(40)43/h3-25H,1-2H3. The number of hydrogen-bond acceptors (Lipinski definition) is 2. The first-order chi connectivity index (χ1) is 21.1. The Hall–Kier alpha value is -5.54. The van der Waals surface area contributed by atoms with E-state index in [9.17, 15) is 0 Å². The monoisotopic (exact) mass is 551 g/mol. The molecule has 0 saturated carbocycles. The average molecular weight is 552 g/mol. The average Bonchev–Trinajstić information content (AvgIpc) is 3.39. The van der Waals surface area contributed by atoms with Gasteiger partial charge in [-0.3, -0.25) is 9.97 Å². The molecular weight excluding hydrogens is 522 g/mol. The SMILES string of the molecule is Cc1cccc(-c2cc(-c3cccc(C)n3)cc(-n3c4ccc(-c5ccccc5)cc4c4c5ccccc5ccc43)c2)n1. The minimum atomic E-state index is 0.952. The van der Waals surface area contributed by atoms with Gasteiger partial charge in [0.2, 0.25) is 0 Å². The molecule has 0 saturated heterocycles. The molecule has 0 unspecified atom stereocenters. The molecule has 0 bridgehead atoms. The molecule has 0 radical (unpaired) electrons. The fourth-order valence-electron chi connectivity index (χ4n) is 6.32. The van der Waals surface area contributed by atoms with Gasteiger partial charge in [-0.25, -0.2) is 0 Å². The summed E-state index contributed by atoms with van der Waals surface area (Å²) in [5.74, 6) is 0. The van der Waals surface area contributed by atoms with Crippen LogP contribution in [0.15, 0.2) is 140 Å². The highest BCUT2D eigenvalue weighted by atomic mass is 15.0. The van der Waals surface area contributed by atoms with E-state index in [0.717, 1.165) is 39.6 Å². The molecule has 43 heavy (non-hydrogen) atoms. The van der Waals surface area contributed by atoms with Crippen molar-refractivity contribution in [1.82, 2.24) is 14.5 Å². The molecule has 0 aliphatic rings. The molecule has 0 fully saturated rings. The third-order valence-electron chi connectivity index (χ3n) is 8.31. The van der Waals surface area contributed by atoms with E-state index < -0.39 is 0 Å². The third kappa shape index (κ3) is 4.38. The summed E-state index contributed by atoms with van der Waals surface area (Å²) >= 11 is 0. The number of aromatic nitrogens is 3. The van der Waals surface area contributed by atoms with Gasteiger partial charge in [-0.15, -0.1) is 0 Å². The molecule has 204 valence electrons. The van der Waals surface area contributed by atoms with Crippen molar-refractivity contribution in [3.63, 3.8) is 0 Å². The van der Waals surface area contributed by atoms with Crippen molar-refractivity contribution in [3.8, 4) is 39.3 Å². The number of rotatable bonds is 4. The number of benzene rings is 5. The topological polar surface area (TPSA) is 30.7 Å². The fraction of sp³-hybridized carbons (Fsp3) is 0.0500. The minimum absolute atomic E-state index is 0.952. The summed E-state index contributed by atoms with van der Waals surface area (Å²) < 4.78 is 2.41. The van der Waals surface area contributed by atoms with Crippen LogP contribution in [0.2, 0.25) is 0 Å². The van der Waals surface area contributed by atoms with Crippen LogP contribution in [0, 0.1) is 13.8 Å². The van der Waals surface area contributed by atoms with Crippen molar-refractivity contribution in [3.05, 3.63) is 151 Å². The summed E-state index contributed by atoms with van der Waals surface area (Å²) in [6.07, 6.45) is 0. The lowest BCUT2D eigenvalue weighted by atomic mass is 10.0. The molecule has 3 heteroatoms. The van der Waals surface area contributed by atoms with Gasteiger partial charge in [0.15, 0.2) is 0 Å². The largest absolute Gasteiger partial charge is 0.309 e. The quantitative estimate of drug-likeness (QED) is 0.218. The second-order valence-electron chi connectivity index (χ2n) is 11.2. The number of fused-ring (bicyclic) bond motifs is 5. The normalized spacial score (nSPS) is 11.5. The lowest BCUT2D eigenvalue weighted by Gasteiger charge is -2.14. The first kappa shape index (κ1) is 25.2. The third-order valence-corrected chi connectivity index (χ3v) is 8.31. The van der Waals surface area contributed by atoms with Crippen LogP contribution in [0.25, 0.3) is 71.9 Å². The summed E-state index contributed by atoms with van der Waals surface area (Å²) in [5, 5.41) is 5.00. The van der Waals surface area contributed by atoms with Crippen molar-refractivity contribution < 1.29 is 0 Å². The van der Waals surface area contributed by atoms with Crippen molar-refractivity contribution in [2.24, 2.45) is 0 Å². The summed E-state index contributed by atoms with van der Waals surface area (Å²) in [7, 11) is 0. The summed E-state index contributed by atoms with van der Waals surface area (Å²) in [6, 6.07) is 49.8. The van der Waals surface area contributed by atoms with Crippen LogP contribution < -0.4 is 0 Å². The molecule has 3 nitrogen and oxygen atoms in total. The smallest absolute Gasteiger partial charge is 0.0706 e. The van der Waals surface area contributed by atoms with Gasteiger partial charge in [-0.2, -0.15) is 0 Å². The van der Waals surface area contributed by atoms with Crippen molar-refractivity contribution in [2.75, 3.05) is 0 Å². The number of nitrogens with zero attached hydrogens (tertiary/aromatic N) is 3. The van der Waals surface area contributed by atoms with Crippen LogP contribution in [-0.2, 0) is 0 Å². The van der Waals surface area contributed by atoms with Gasteiger partial charge < -0.3 is 4.57 Å². The van der Waals surface area contributed by atoms with Gasteiger partial charge in [0.25, 0.3) is 0 Å². The Bertz CT molecular complexity index is 2250. The fourth-order valence-corrected chi connectivity index (χ4v) is 6.32. The van der Waals surface area contributed by atoms with E-state index in [1.165, 1.54) is 43.7 Å². The Morgan fingerprint density at radius 1 is 0.442 bits per heavy atom. The van der Waals surface area contributed by atoms with E-state index >= 15 is 0 Å². The van der Waals surface area contributed by atoms with Crippen molar-refractivity contribution in [2.45, 2.75) is 13.8 Å². The van der Waals surface area contributed by atoms with E-state index in [2.05, 4.69) is 132 Å². The maximum absolute atomic E-state index is 4.90. The molecule has 8 aromatic rings. The molecule has 0 spiro atoms. The van der Waals surface area contributed by atoms with E-state index in [1.54, 1.807) is 0 Å². The molecule has 0 aliphatic heterocycles. The second kappa shape index (κ2) is 10.1. The maximum atomic E-state index is 4.90. The summed E-state index contributed by atoms with van der Waals surface area (Å²) in [6.45, 7) is 4.08. The molecule has 0 atom stereocenters. The Balaban J connectivity index is 1.47.